The highest BCUT2D eigenvalue weighted by Gasteiger charge is 2.17. The van der Waals surface area contributed by atoms with E-state index < -0.39 is 12.9 Å². The summed E-state index contributed by atoms with van der Waals surface area (Å²) in [5.74, 6) is -0.681. The number of benzene rings is 3. The van der Waals surface area contributed by atoms with E-state index in [0.29, 0.717) is 27.3 Å². The SMILES string of the molecule is CC(=O)c1ccccc1-c1ccc(Cl)cc1F.CC(=O)c1ccccc1B(O)O. The van der Waals surface area contributed by atoms with Crippen molar-refractivity contribution in [1.82, 2.24) is 0 Å². The van der Waals surface area contributed by atoms with Crippen molar-refractivity contribution in [2.24, 2.45) is 0 Å². The van der Waals surface area contributed by atoms with E-state index in [1.165, 1.54) is 26.0 Å². The van der Waals surface area contributed by atoms with Crippen LogP contribution >= 0.6 is 11.6 Å². The van der Waals surface area contributed by atoms with Crippen LogP contribution in [0.1, 0.15) is 34.6 Å². The van der Waals surface area contributed by atoms with E-state index in [1.807, 2.05) is 0 Å². The number of carbonyl (C=O) groups excluding carboxylic acids is 2. The molecule has 0 aliphatic carbocycles. The van der Waals surface area contributed by atoms with Crippen LogP contribution in [0.3, 0.4) is 0 Å². The van der Waals surface area contributed by atoms with Gasteiger partial charge in [-0.3, -0.25) is 9.59 Å². The molecule has 0 spiro atoms. The summed E-state index contributed by atoms with van der Waals surface area (Å²) in [6.45, 7) is 2.86. The van der Waals surface area contributed by atoms with Gasteiger partial charge in [0.05, 0.1) is 0 Å². The minimum absolute atomic E-state index is 0.0880. The number of ketones is 2. The normalized spacial score (nSPS) is 10.0. The number of rotatable bonds is 4. The lowest BCUT2D eigenvalue weighted by Gasteiger charge is -2.08. The quantitative estimate of drug-likeness (QED) is 0.503. The molecule has 0 aromatic heterocycles. The zero-order chi connectivity index (χ0) is 21.6. The Kier molecular flexibility index (Phi) is 7.85. The topological polar surface area (TPSA) is 74.6 Å². The van der Waals surface area contributed by atoms with Crippen molar-refractivity contribution in [3.63, 3.8) is 0 Å². The maximum Gasteiger partial charge on any atom is 0.489 e. The van der Waals surface area contributed by atoms with Crippen LogP contribution in [0, 0.1) is 5.82 Å². The molecule has 0 fully saturated rings. The fourth-order valence-corrected chi connectivity index (χ4v) is 2.93. The van der Waals surface area contributed by atoms with Crippen LogP contribution in [-0.2, 0) is 0 Å². The first kappa shape index (κ1) is 22.5. The third-order valence-corrected chi connectivity index (χ3v) is 4.38. The fourth-order valence-electron chi connectivity index (χ4n) is 2.78. The minimum atomic E-state index is -1.58. The number of carbonyl (C=O) groups is 2. The van der Waals surface area contributed by atoms with E-state index in [1.54, 1.807) is 54.6 Å². The Morgan fingerprint density at radius 3 is 1.90 bits per heavy atom. The Labute approximate surface area is 173 Å². The smallest absolute Gasteiger partial charge is 0.423 e. The molecular weight excluding hydrogens is 394 g/mol. The average molecular weight is 413 g/mol. The van der Waals surface area contributed by atoms with Gasteiger partial charge in [-0.05, 0) is 43.1 Å². The highest BCUT2D eigenvalue weighted by molar-refractivity contribution is 6.60. The maximum absolute atomic E-state index is 13.8. The standard InChI is InChI=1S/C14H10ClFO.C8H9BO3/c1-9(17)11-4-2-3-5-12(11)13-7-6-10(15)8-14(13)16;1-6(10)7-4-2-3-5-8(7)9(11)12/h2-8H,1H3;2-5,11-12H,1H3. The van der Waals surface area contributed by atoms with Crippen molar-refractivity contribution < 1.29 is 24.0 Å². The van der Waals surface area contributed by atoms with Gasteiger partial charge < -0.3 is 10.0 Å². The van der Waals surface area contributed by atoms with Gasteiger partial charge in [-0.25, -0.2) is 4.39 Å². The summed E-state index contributed by atoms with van der Waals surface area (Å²) < 4.78 is 13.8. The van der Waals surface area contributed by atoms with Gasteiger partial charge in [-0.1, -0.05) is 60.1 Å². The Morgan fingerprint density at radius 1 is 0.828 bits per heavy atom. The molecule has 2 N–H and O–H groups in total. The molecule has 0 aliphatic rings. The van der Waals surface area contributed by atoms with Gasteiger partial charge in [-0.2, -0.15) is 0 Å². The third kappa shape index (κ3) is 5.84. The maximum atomic E-state index is 13.8. The second-order valence-electron chi connectivity index (χ2n) is 6.24. The van der Waals surface area contributed by atoms with Crippen molar-refractivity contribution in [2.45, 2.75) is 13.8 Å². The van der Waals surface area contributed by atoms with E-state index in [4.69, 9.17) is 21.6 Å². The first-order valence-electron chi connectivity index (χ1n) is 8.73. The lowest BCUT2D eigenvalue weighted by atomic mass is 9.76. The van der Waals surface area contributed by atoms with Gasteiger partial charge >= 0.3 is 7.12 Å². The lowest BCUT2D eigenvalue weighted by Crippen LogP contribution is -2.34. The molecule has 0 atom stereocenters. The van der Waals surface area contributed by atoms with Crippen LogP contribution in [0.5, 0.6) is 0 Å². The molecule has 3 aromatic rings. The molecule has 3 aromatic carbocycles. The van der Waals surface area contributed by atoms with E-state index in [0.717, 1.165) is 0 Å². The zero-order valence-electron chi connectivity index (χ0n) is 15.9. The number of Topliss-reactive ketones (excluding diaryl/α,β-unsaturated/α-hetero) is 2. The largest absolute Gasteiger partial charge is 0.489 e. The molecule has 7 heteroatoms. The van der Waals surface area contributed by atoms with Crippen LogP contribution in [0.4, 0.5) is 4.39 Å². The van der Waals surface area contributed by atoms with Crippen molar-refractivity contribution >= 4 is 35.7 Å². The number of halogens is 2. The molecule has 0 unspecified atom stereocenters. The number of hydrogen-bond donors (Lipinski definition) is 2. The monoisotopic (exact) mass is 412 g/mol. The zero-order valence-corrected chi connectivity index (χ0v) is 16.7. The van der Waals surface area contributed by atoms with E-state index in [9.17, 15) is 14.0 Å². The molecule has 3 rings (SSSR count). The van der Waals surface area contributed by atoms with Gasteiger partial charge in [0.1, 0.15) is 5.82 Å². The first-order chi connectivity index (χ1) is 13.7. The highest BCUT2D eigenvalue weighted by Crippen LogP contribution is 2.28. The van der Waals surface area contributed by atoms with Crippen molar-refractivity contribution in [3.8, 4) is 11.1 Å². The third-order valence-electron chi connectivity index (χ3n) is 4.15. The second-order valence-corrected chi connectivity index (χ2v) is 6.68. The summed E-state index contributed by atoms with van der Waals surface area (Å²) in [6, 6.07) is 17.8. The van der Waals surface area contributed by atoms with Gasteiger partial charge in [0, 0.05) is 21.7 Å². The Bertz CT molecular complexity index is 1040. The molecule has 0 saturated heterocycles. The summed E-state index contributed by atoms with van der Waals surface area (Å²) in [6.07, 6.45) is 0. The highest BCUT2D eigenvalue weighted by atomic mass is 35.5. The fraction of sp³-hybridized carbons (Fsp3) is 0.0909. The predicted molar refractivity (Wildman–Crippen MR) is 113 cm³/mol. The summed E-state index contributed by atoms with van der Waals surface area (Å²) in [4.78, 5) is 22.4. The molecular formula is C22H19BClFO4. The first-order valence-corrected chi connectivity index (χ1v) is 9.11. The van der Waals surface area contributed by atoms with Crippen molar-refractivity contribution in [1.29, 1.82) is 0 Å². The second kappa shape index (κ2) is 10.1. The molecule has 148 valence electrons. The van der Waals surface area contributed by atoms with Crippen LogP contribution in [0.15, 0.2) is 66.7 Å². The molecule has 0 saturated carbocycles. The van der Waals surface area contributed by atoms with Gasteiger partial charge in [0.15, 0.2) is 11.6 Å². The molecule has 29 heavy (non-hydrogen) atoms. The molecule has 0 radical (unpaired) electrons. The Balaban J connectivity index is 0.000000221. The average Bonchev–Trinajstić information content (AvgIpc) is 2.68. The minimum Gasteiger partial charge on any atom is -0.423 e. The Hall–Kier alpha value is -2.80. The van der Waals surface area contributed by atoms with Crippen LogP contribution < -0.4 is 5.46 Å². The van der Waals surface area contributed by atoms with Crippen molar-refractivity contribution in [2.75, 3.05) is 0 Å². The van der Waals surface area contributed by atoms with E-state index in [2.05, 4.69) is 0 Å². The van der Waals surface area contributed by atoms with Crippen LogP contribution in [0.2, 0.25) is 5.02 Å². The van der Waals surface area contributed by atoms with Crippen LogP contribution in [-0.4, -0.2) is 28.7 Å². The molecule has 0 aliphatic heterocycles. The number of hydrogen-bond acceptors (Lipinski definition) is 4. The predicted octanol–water partition coefficient (Wildman–Crippen LogP) is 3.92. The molecule has 0 bridgehead atoms. The van der Waals surface area contributed by atoms with E-state index in [-0.39, 0.29) is 17.0 Å². The molecule has 0 heterocycles. The summed E-state index contributed by atoms with van der Waals surface area (Å²) in [5.41, 5.74) is 2.10. The van der Waals surface area contributed by atoms with Gasteiger partial charge in [0.25, 0.3) is 0 Å². The van der Waals surface area contributed by atoms with Gasteiger partial charge in [-0.15, -0.1) is 0 Å². The van der Waals surface area contributed by atoms with Crippen molar-refractivity contribution in [3.05, 3.63) is 88.7 Å². The van der Waals surface area contributed by atoms with E-state index >= 15 is 0 Å². The molecule has 4 nitrogen and oxygen atoms in total. The Morgan fingerprint density at radius 2 is 1.38 bits per heavy atom. The summed E-state index contributed by atoms with van der Waals surface area (Å²) >= 11 is 5.70. The van der Waals surface area contributed by atoms with Crippen LogP contribution in [0.25, 0.3) is 11.1 Å². The van der Waals surface area contributed by atoms with Gasteiger partial charge in [0.2, 0.25) is 0 Å². The molecule has 0 amide bonds. The lowest BCUT2D eigenvalue weighted by molar-refractivity contribution is 0.101. The summed E-state index contributed by atoms with van der Waals surface area (Å²) in [5, 5.41) is 18.1. The summed E-state index contributed by atoms with van der Waals surface area (Å²) in [7, 11) is -1.58.